The number of anilines is 1. The van der Waals surface area contributed by atoms with Crippen LogP contribution in [0.1, 0.15) is 29.5 Å². The molecule has 1 amide bonds. The zero-order valence-electron chi connectivity index (χ0n) is 19.5. The van der Waals surface area contributed by atoms with Gasteiger partial charge in [0, 0.05) is 13.1 Å². The number of carbonyl (C=O) groups excluding carboxylic acids is 1. The Hall–Kier alpha value is -3.16. The summed E-state index contributed by atoms with van der Waals surface area (Å²) in [7, 11) is -3.91. The maximum absolute atomic E-state index is 13.4. The Morgan fingerprint density at radius 1 is 0.912 bits per heavy atom. The van der Waals surface area contributed by atoms with Crippen LogP contribution in [0.5, 0.6) is 0 Å². The summed E-state index contributed by atoms with van der Waals surface area (Å²) in [6.45, 7) is 5.02. The van der Waals surface area contributed by atoms with E-state index in [0.29, 0.717) is 12.2 Å². The van der Waals surface area contributed by atoms with Crippen molar-refractivity contribution in [3.05, 3.63) is 95.6 Å². The van der Waals surface area contributed by atoms with Crippen LogP contribution in [-0.4, -0.2) is 38.9 Å². The van der Waals surface area contributed by atoms with Crippen molar-refractivity contribution in [2.24, 2.45) is 0 Å². The van der Waals surface area contributed by atoms with Gasteiger partial charge >= 0.3 is 0 Å². The number of rotatable bonds is 9. The van der Waals surface area contributed by atoms with E-state index in [-0.39, 0.29) is 17.3 Å². The van der Waals surface area contributed by atoms with Crippen LogP contribution >= 0.6 is 0 Å². The van der Waals surface area contributed by atoms with Crippen LogP contribution in [0.15, 0.2) is 83.8 Å². The van der Waals surface area contributed by atoms with E-state index < -0.39 is 10.0 Å². The first-order chi connectivity index (χ1) is 16.4. The molecule has 3 aromatic carbocycles. The number of aryl methyl sites for hydroxylation is 1. The molecule has 0 atom stereocenters. The molecular weight excluding hydrogens is 446 g/mol. The third kappa shape index (κ3) is 5.85. The number of amides is 1. The summed E-state index contributed by atoms with van der Waals surface area (Å²) in [6.07, 6.45) is 2.45. The monoisotopic (exact) mass is 477 g/mol. The summed E-state index contributed by atoms with van der Waals surface area (Å²) in [5.41, 5.74) is 3.63. The quantitative estimate of drug-likeness (QED) is 0.504. The number of likely N-dealkylation sites (tertiary alicyclic amines) is 1. The minimum Gasteiger partial charge on any atom is -0.350 e. The molecule has 1 heterocycles. The lowest BCUT2D eigenvalue weighted by molar-refractivity contribution is -0.119. The highest BCUT2D eigenvalue weighted by molar-refractivity contribution is 7.92. The largest absolute Gasteiger partial charge is 0.350 e. The highest BCUT2D eigenvalue weighted by atomic mass is 32.2. The Morgan fingerprint density at radius 2 is 1.59 bits per heavy atom. The predicted octanol–water partition coefficient (Wildman–Crippen LogP) is 4.10. The molecule has 3 aromatic rings. The molecule has 1 aliphatic heterocycles. The molecule has 0 aromatic heterocycles. The SMILES string of the molecule is Cc1cccc(N(CC(=O)NCc2ccccc2CN2CCCC2)S(=O)(=O)c2ccccc2)c1. The Kier molecular flexibility index (Phi) is 7.65. The van der Waals surface area contributed by atoms with E-state index in [4.69, 9.17) is 0 Å². The van der Waals surface area contributed by atoms with Crippen molar-refractivity contribution in [1.82, 2.24) is 10.2 Å². The summed E-state index contributed by atoms with van der Waals surface area (Å²) in [4.78, 5) is 15.6. The van der Waals surface area contributed by atoms with Gasteiger partial charge in [-0.15, -0.1) is 0 Å². The fourth-order valence-corrected chi connectivity index (χ4v) is 5.70. The lowest BCUT2D eigenvalue weighted by Crippen LogP contribution is -2.40. The molecule has 0 radical (unpaired) electrons. The van der Waals surface area contributed by atoms with Gasteiger partial charge < -0.3 is 5.32 Å². The summed E-state index contributed by atoms with van der Waals surface area (Å²) >= 11 is 0. The van der Waals surface area contributed by atoms with Crippen molar-refractivity contribution in [1.29, 1.82) is 0 Å². The number of nitrogens with one attached hydrogen (secondary N) is 1. The zero-order chi connectivity index (χ0) is 24.0. The first kappa shape index (κ1) is 24.0. The fraction of sp³-hybridized carbons (Fsp3) is 0.296. The number of carbonyl (C=O) groups is 1. The van der Waals surface area contributed by atoms with Crippen LogP contribution in [0.25, 0.3) is 0 Å². The molecule has 1 N–H and O–H groups in total. The Morgan fingerprint density at radius 3 is 2.29 bits per heavy atom. The van der Waals surface area contributed by atoms with Gasteiger partial charge in [0.25, 0.3) is 10.0 Å². The van der Waals surface area contributed by atoms with Crippen LogP contribution in [0.3, 0.4) is 0 Å². The van der Waals surface area contributed by atoms with Crippen LogP contribution in [-0.2, 0) is 27.9 Å². The summed E-state index contributed by atoms with van der Waals surface area (Å²) in [5, 5.41) is 2.94. The average molecular weight is 478 g/mol. The molecule has 34 heavy (non-hydrogen) atoms. The number of benzene rings is 3. The molecule has 178 valence electrons. The van der Waals surface area contributed by atoms with E-state index in [1.54, 1.807) is 48.5 Å². The average Bonchev–Trinajstić information content (AvgIpc) is 3.35. The van der Waals surface area contributed by atoms with Crippen LogP contribution in [0.4, 0.5) is 5.69 Å². The highest BCUT2D eigenvalue weighted by Crippen LogP contribution is 2.24. The predicted molar refractivity (Wildman–Crippen MR) is 135 cm³/mol. The molecule has 6 nitrogen and oxygen atoms in total. The second-order valence-corrected chi connectivity index (χ2v) is 10.6. The number of hydrogen-bond acceptors (Lipinski definition) is 4. The maximum atomic E-state index is 13.4. The highest BCUT2D eigenvalue weighted by Gasteiger charge is 2.27. The molecule has 1 saturated heterocycles. The van der Waals surface area contributed by atoms with Gasteiger partial charge in [-0.05, 0) is 73.8 Å². The van der Waals surface area contributed by atoms with Gasteiger partial charge in [-0.3, -0.25) is 14.0 Å². The smallest absolute Gasteiger partial charge is 0.264 e. The first-order valence-electron chi connectivity index (χ1n) is 11.6. The van der Waals surface area contributed by atoms with Crippen molar-refractivity contribution < 1.29 is 13.2 Å². The number of nitrogens with zero attached hydrogens (tertiary/aromatic N) is 2. The lowest BCUT2D eigenvalue weighted by atomic mass is 10.1. The summed E-state index contributed by atoms with van der Waals surface area (Å²) in [5.74, 6) is -0.350. The molecule has 0 saturated carbocycles. The molecule has 4 rings (SSSR count). The molecule has 1 fully saturated rings. The van der Waals surface area contributed by atoms with Crippen LogP contribution < -0.4 is 9.62 Å². The van der Waals surface area contributed by atoms with E-state index >= 15 is 0 Å². The van der Waals surface area contributed by atoms with E-state index in [1.807, 2.05) is 31.2 Å². The van der Waals surface area contributed by atoms with Gasteiger partial charge in [-0.1, -0.05) is 54.6 Å². The van der Waals surface area contributed by atoms with E-state index in [2.05, 4.69) is 16.3 Å². The van der Waals surface area contributed by atoms with Crippen LogP contribution in [0.2, 0.25) is 0 Å². The number of sulfonamides is 1. The van der Waals surface area contributed by atoms with Gasteiger partial charge in [0.05, 0.1) is 10.6 Å². The summed E-state index contributed by atoms with van der Waals surface area (Å²) < 4.78 is 28.1. The minimum absolute atomic E-state index is 0.153. The van der Waals surface area contributed by atoms with E-state index in [0.717, 1.165) is 30.8 Å². The third-order valence-electron chi connectivity index (χ3n) is 6.10. The topological polar surface area (TPSA) is 69.7 Å². The second kappa shape index (κ2) is 10.8. The van der Waals surface area contributed by atoms with Gasteiger partial charge in [-0.2, -0.15) is 0 Å². The Bertz CT molecular complexity index is 1220. The fourth-order valence-electron chi connectivity index (χ4n) is 4.26. The molecule has 0 aliphatic carbocycles. The standard InChI is InChI=1S/C27H31N3O3S/c1-22-10-9-13-25(18-22)30(34(32,33)26-14-3-2-4-15-26)21-27(31)28-19-23-11-5-6-12-24(23)20-29-16-7-8-17-29/h2-6,9-15,18H,7-8,16-17,19-21H2,1H3,(H,28,31). The lowest BCUT2D eigenvalue weighted by Gasteiger charge is -2.24. The molecule has 0 bridgehead atoms. The molecule has 0 unspecified atom stereocenters. The van der Waals surface area contributed by atoms with Crippen molar-refractivity contribution in [2.45, 2.75) is 37.8 Å². The maximum Gasteiger partial charge on any atom is 0.264 e. The van der Waals surface area contributed by atoms with Crippen molar-refractivity contribution in [3.63, 3.8) is 0 Å². The van der Waals surface area contributed by atoms with Gasteiger partial charge in [0.1, 0.15) is 6.54 Å². The summed E-state index contributed by atoms with van der Waals surface area (Å²) in [6, 6.07) is 23.5. The van der Waals surface area contributed by atoms with Gasteiger partial charge in [0.15, 0.2) is 0 Å². The Balaban J connectivity index is 1.51. The van der Waals surface area contributed by atoms with Gasteiger partial charge in [-0.25, -0.2) is 8.42 Å². The number of hydrogen-bond donors (Lipinski definition) is 1. The first-order valence-corrected chi connectivity index (χ1v) is 13.1. The Labute approximate surface area is 202 Å². The molecular formula is C27H31N3O3S. The van der Waals surface area contributed by atoms with Gasteiger partial charge in [0.2, 0.25) is 5.91 Å². The van der Waals surface area contributed by atoms with E-state index in [1.165, 1.54) is 22.7 Å². The van der Waals surface area contributed by atoms with Crippen molar-refractivity contribution in [3.8, 4) is 0 Å². The van der Waals surface area contributed by atoms with Crippen molar-refractivity contribution >= 4 is 21.6 Å². The van der Waals surface area contributed by atoms with Crippen molar-refractivity contribution in [2.75, 3.05) is 23.9 Å². The van der Waals surface area contributed by atoms with Crippen LogP contribution in [0, 0.1) is 6.92 Å². The molecule has 1 aliphatic rings. The second-order valence-electron chi connectivity index (χ2n) is 8.69. The zero-order valence-corrected chi connectivity index (χ0v) is 20.3. The van der Waals surface area contributed by atoms with E-state index in [9.17, 15) is 13.2 Å². The normalized spacial score (nSPS) is 14.1. The molecule has 0 spiro atoms. The third-order valence-corrected chi connectivity index (χ3v) is 7.88. The minimum atomic E-state index is -3.91. The molecule has 7 heteroatoms.